The third-order valence-corrected chi connectivity index (χ3v) is 2.05. The molecule has 2 nitrogen and oxygen atoms in total. The molecule has 0 fully saturated rings. The van der Waals surface area contributed by atoms with Crippen molar-refractivity contribution in [2.45, 2.75) is 0 Å². The van der Waals surface area contributed by atoms with Crippen molar-refractivity contribution >= 4 is 16.9 Å². The zero-order chi connectivity index (χ0) is 9.84. The summed E-state index contributed by atoms with van der Waals surface area (Å²) in [6.07, 6.45) is 1.61. The summed E-state index contributed by atoms with van der Waals surface area (Å²) in [5.74, 6) is -0.559. The summed E-state index contributed by atoms with van der Waals surface area (Å²) in [6, 6.07) is 5.38. The highest BCUT2D eigenvalue weighted by molar-refractivity contribution is 8.13. The van der Waals surface area contributed by atoms with Crippen molar-refractivity contribution < 1.29 is 9.18 Å². The minimum Gasteiger partial charge on any atom is -0.282 e. The molecule has 1 aromatic carbocycles. The third-order valence-electron chi connectivity index (χ3n) is 1.45. The van der Waals surface area contributed by atoms with Crippen molar-refractivity contribution in [1.82, 2.24) is 0 Å². The molecule has 0 saturated carbocycles. The number of carbonyl (C=O) groups excluding carboxylic acids is 1. The van der Waals surface area contributed by atoms with Crippen molar-refractivity contribution in [3.05, 3.63) is 35.1 Å². The molecule has 0 spiro atoms. The van der Waals surface area contributed by atoms with Gasteiger partial charge in [-0.05, 0) is 24.5 Å². The number of rotatable bonds is 1. The van der Waals surface area contributed by atoms with Crippen LogP contribution >= 0.6 is 11.8 Å². The Bertz CT molecular complexity index is 384. The quantitative estimate of drug-likeness (QED) is 0.689. The second kappa shape index (κ2) is 4.06. The van der Waals surface area contributed by atoms with E-state index in [0.29, 0.717) is 0 Å². The van der Waals surface area contributed by atoms with Gasteiger partial charge in [-0.3, -0.25) is 4.79 Å². The van der Waals surface area contributed by atoms with Crippen LogP contribution in [0.5, 0.6) is 0 Å². The van der Waals surface area contributed by atoms with Gasteiger partial charge in [-0.25, -0.2) is 4.39 Å². The fourth-order valence-electron chi connectivity index (χ4n) is 0.890. The zero-order valence-corrected chi connectivity index (χ0v) is 7.69. The number of hydrogen-bond acceptors (Lipinski definition) is 3. The molecule has 0 radical (unpaired) electrons. The van der Waals surface area contributed by atoms with Crippen molar-refractivity contribution in [2.24, 2.45) is 0 Å². The first-order valence-corrected chi connectivity index (χ1v) is 4.69. The molecule has 66 valence electrons. The Morgan fingerprint density at radius 2 is 2.23 bits per heavy atom. The first kappa shape index (κ1) is 9.75. The van der Waals surface area contributed by atoms with Crippen molar-refractivity contribution in [3.63, 3.8) is 0 Å². The average molecular weight is 195 g/mol. The second-order valence-electron chi connectivity index (χ2n) is 2.33. The highest BCUT2D eigenvalue weighted by Gasteiger charge is 2.06. The van der Waals surface area contributed by atoms with E-state index in [-0.39, 0.29) is 16.2 Å². The van der Waals surface area contributed by atoms with Crippen LogP contribution in [0.2, 0.25) is 0 Å². The van der Waals surface area contributed by atoms with E-state index in [1.807, 2.05) is 0 Å². The van der Waals surface area contributed by atoms with E-state index in [2.05, 4.69) is 0 Å². The van der Waals surface area contributed by atoms with Crippen molar-refractivity contribution in [3.8, 4) is 6.07 Å². The number of halogens is 1. The summed E-state index contributed by atoms with van der Waals surface area (Å²) in [5.41, 5.74) is 0.390. The van der Waals surface area contributed by atoms with Gasteiger partial charge in [-0.1, -0.05) is 11.8 Å². The molecule has 0 atom stereocenters. The Morgan fingerprint density at radius 3 is 2.77 bits per heavy atom. The number of carbonyl (C=O) groups is 1. The summed E-state index contributed by atoms with van der Waals surface area (Å²) >= 11 is 0.991. The van der Waals surface area contributed by atoms with Crippen LogP contribution in [0, 0.1) is 17.1 Å². The van der Waals surface area contributed by atoms with Crippen LogP contribution in [0.4, 0.5) is 4.39 Å². The maximum atomic E-state index is 12.8. The van der Waals surface area contributed by atoms with Gasteiger partial charge in [-0.15, -0.1) is 0 Å². The minimum absolute atomic E-state index is 0.164. The molecule has 1 aromatic rings. The molecule has 0 aliphatic heterocycles. The Kier molecular flexibility index (Phi) is 3.04. The Labute approximate surface area is 79.4 Å². The minimum atomic E-state index is -0.559. The predicted octanol–water partition coefficient (Wildman–Crippen LogP) is 2.20. The molecule has 0 unspecified atom stereocenters. The second-order valence-corrected chi connectivity index (χ2v) is 3.11. The van der Waals surface area contributed by atoms with Crippen LogP contribution in [0.1, 0.15) is 15.9 Å². The van der Waals surface area contributed by atoms with Gasteiger partial charge in [-0.2, -0.15) is 5.26 Å². The highest BCUT2D eigenvalue weighted by atomic mass is 32.2. The third kappa shape index (κ3) is 2.30. The fraction of sp³-hybridized carbons (Fsp3) is 0.111. The van der Waals surface area contributed by atoms with Gasteiger partial charge >= 0.3 is 0 Å². The Hall–Kier alpha value is -1.34. The number of nitrogens with zero attached hydrogens (tertiary/aromatic N) is 1. The molecule has 0 N–H and O–H groups in total. The summed E-state index contributed by atoms with van der Waals surface area (Å²) in [6.45, 7) is 0. The van der Waals surface area contributed by atoms with Crippen LogP contribution < -0.4 is 0 Å². The molecule has 0 bridgehead atoms. The van der Waals surface area contributed by atoms with E-state index in [1.54, 1.807) is 12.3 Å². The molecular formula is C9H6FNOS. The fourth-order valence-corrected chi connectivity index (χ4v) is 1.24. The molecule has 0 heterocycles. The first-order valence-electron chi connectivity index (χ1n) is 3.46. The number of hydrogen-bond donors (Lipinski definition) is 0. The van der Waals surface area contributed by atoms with Crippen LogP contribution in [0.15, 0.2) is 18.2 Å². The largest absolute Gasteiger partial charge is 0.282 e. The smallest absolute Gasteiger partial charge is 0.219 e. The van der Waals surface area contributed by atoms with Gasteiger partial charge in [0.25, 0.3) is 0 Å². The van der Waals surface area contributed by atoms with Gasteiger partial charge in [0.05, 0.1) is 11.6 Å². The van der Waals surface area contributed by atoms with E-state index < -0.39 is 5.82 Å². The SMILES string of the molecule is CSC(=O)c1cc(F)cc(C#N)c1. The molecular weight excluding hydrogens is 189 g/mol. The van der Waals surface area contributed by atoms with Crippen LogP contribution in [-0.4, -0.2) is 11.4 Å². The zero-order valence-electron chi connectivity index (χ0n) is 6.87. The normalized spacial score (nSPS) is 9.31. The molecule has 0 amide bonds. The van der Waals surface area contributed by atoms with Gasteiger partial charge in [0, 0.05) is 5.56 Å². The standard InChI is InChI=1S/C9H6FNOS/c1-13-9(12)7-2-6(5-11)3-8(10)4-7/h2-4H,1H3. The Balaban J connectivity index is 3.17. The summed E-state index contributed by atoms with van der Waals surface area (Å²) in [7, 11) is 0. The van der Waals surface area contributed by atoms with E-state index in [4.69, 9.17) is 5.26 Å². The summed E-state index contributed by atoms with van der Waals surface area (Å²) < 4.78 is 12.8. The van der Waals surface area contributed by atoms with Crippen LogP contribution in [0.25, 0.3) is 0 Å². The lowest BCUT2D eigenvalue weighted by Gasteiger charge is -1.97. The lowest BCUT2D eigenvalue weighted by molar-refractivity contribution is 0.108. The maximum absolute atomic E-state index is 12.8. The number of benzene rings is 1. The molecule has 4 heteroatoms. The average Bonchev–Trinajstić information content (AvgIpc) is 2.15. The Morgan fingerprint density at radius 1 is 1.54 bits per heavy atom. The van der Waals surface area contributed by atoms with Gasteiger partial charge < -0.3 is 0 Å². The number of nitriles is 1. The van der Waals surface area contributed by atoms with Crippen molar-refractivity contribution in [2.75, 3.05) is 6.26 Å². The van der Waals surface area contributed by atoms with Crippen LogP contribution in [-0.2, 0) is 0 Å². The van der Waals surface area contributed by atoms with E-state index in [9.17, 15) is 9.18 Å². The molecule has 0 saturated heterocycles. The van der Waals surface area contributed by atoms with E-state index in [0.717, 1.165) is 23.9 Å². The predicted molar refractivity (Wildman–Crippen MR) is 49.0 cm³/mol. The number of thioether (sulfide) groups is 1. The summed E-state index contributed by atoms with van der Waals surface area (Å²) in [4.78, 5) is 11.1. The van der Waals surface area contributed by atoms with Gasteiger partial charge in [0.1, 0.15) is 5.82 Å². The summed E-state index contributed by atoms with van der Waals surface area (Å²) in [5, 5.41) is 8.27. The van der Waals surface area contributed by atoms with E-state index in [1.165, 1.54) is 6.07 Å². The van der Waals surface area contributed by atoms with Crippen LogP contribution in [0.3, 0.4) is 0 Å². The molecule has 0 aliphatic rings. The lowest BCUT2D eigenvalue weighted by Crippen LogP contribution is -1.94. The molecule has 0 aromatic heterocycles. The van der Waals surface area contributed by atoms with Crippen molar-refractivity contribution in [1.29, 1.82) is 5.26 Å². The molecule has 13 heavy (non-hydrogen) atoms. The van der Waals surface area contributed by atoms with Gasteiger partial charge in [0.15, 0.2) is 0 Å². The molecule has 1 rings (SSSR count). The van der Waals surface area contributed by atoms with Gasteiger partial charge in [0.2, 0.25) is 5.12 Å². The lowest BCUT2D eigenvalue weighted by atomic mass is 10.1. The first-order chi connectivity index (χ1) is 6.17. The highest BCUT2D eigenvalue weighted by Crippen LogP contribution is 2.13. The monoisotopic (exact) mass is 195 g/mol. The molecule has 0 aliphatic carbocycles. The topological polar surface area (TPSA) is 40.9 Å². The van der Waals surface area contributed by atoms with E-state index >= 15 is 0 Å². The maximum Gasteiger partial charge on any atom is 0.219 e.